The molecule has 0 aromatic heterocycles. The van der Waals surface area contributed by atoms with Crippen LogP contribution in [0.2, 0.25) is 23.2 Å². The molecule has 28 heavy (non-hydrogen) atoms. The van der Waals surface area contributed by atoms with Crippen LogP contribution in [0.5, 0.6) is 0 Å². The standard InChI is InChI=1S/C23H39ClN2OSi/c1-23(2,3)28(4,5)27-20-15-21(25)22(16-20)26-12-10-18(11-13-26)14-17-6-8-19(24)9-7-17/h6-9,18,20-22H,10-16,25H2,1-5H3/t20-,21+,22+/m0/s1. The van der Waals surface area contributed by atoms with Gasteiger partial charge in [0, 0.05) is 23.2 Å². The molecule has 3 atom stereocenters. The SMILES string of the molecule is CC(C)(C)[Si](C)(C)O[C@H]1C[C@@H](N)[C@H](N2CCC(Cc3ccc(Cl)cc3)CC2)C1. The quantitative estimate of drug-likeness (QED) is 0.639. The van der Waals surface area contributed by atoms with E-state index >= 15 is 0 Å². The summed E-state index contributed by atoms with van der Waals surface area (Å²) in [6, 6.07) is 9.10. The molecule has 0 unspecified atom stereocenters. The van der Waals surface area contributed by atoms with Crippen LogP contribution in [0, 0.1) is 5.92 Å². The van der Waals surface area contributed by atoms with Gasteiger partial charge in [0.05, 0.1) is 0 Å². The second-order valence-corrected chi connectivity index (χ2v) is 15.7. The van der Waals surface area contributed by atoms with Crippen LogP contribution in [0.15, 0.2) is 24.3 Å². The zero-order valence-corrected chi connectivity index (χ0v) is 20.1. The molecule has 1 aliphatic heterocycles. The largest absolute Gasteiger partial charge is 0.414 e. The van der Waals surface area contributed by atoms with E-state index < -0.39 is 8.32 Å². The first-order chi connectivity index (χ1) is 13.0. The van der Waals surface area contributed by atoms with Gasteiger partial charge in [-0.1, -0.05) is 44.5 Å². The Balaban J connectivity index is 1.49. The average molecular weight is 423 g/mol. The van der Waals surface area contributed by atoms with Crippen molar-refractivity contribution in [3.8, 4) is 0 Å². The number of piperidine rings is 1. The maximum absolute atomic E-state index is 6.69. The van der Waals surface area contributed by atoms with E-state index in [1.54, 1.807) is 0 Å². The van der Waals surface area contributed by atoms with E-state index in [9.17, 15) is 0 Å². The summed E-state index contributed by atoms with van der Waals surface area (Å²) in [6.45, 7) is 14.0. The molecule has 1 aromatic carbocycles. The van der Waals surface area contributed by atoms with Crippen LogP contribution >= 0.6 is 11.6 Å². The van der Waals surface area contributed by atoms with Crippen LogP contribution in [0.1, 0.15) is 52.0 Å². The molecule has 2 N–H and O–H groups in total. The second kappa shape index (κ2) is 8.77. The summed E-state index contributed by atoms with van der Waals surface area (Å²) < 4.78 is 6.69. The number of likely N-dealkylation sites (tertiary alicyclic amines) is 1. The van der Waals surface area contributed by atoms with E-state index in [2.05, 4.69) is 50.9 Å². The predicted molar refractivity (Wildman–Crippen MR) is 123 cm³/mol. The molecule has 3 rings (SSSR count). The van der Waals surface area contributed by atoms with Crippen LogP contribution < -0.4 is 5.73 Å². The molecule has 0 spiro atoms. The van der Waals surface area contributed by atoms with Gasteiger partial charge in [0.1, 0.15) is 0 Å². The summed E-state index contributed by atoms with van der Waals surface area (Å²) in [6.07, 6.45) is 6.16. The minimum Gasteiger partial charge on any atom is -0.414 e. The minimum absolute atomic E-state index is 0.252. The molecule has 1 aromatic rings. The lowest BCUT2D eigenvalue weighted by Crippen LogP contribution is -2.48. The summed E-state index contributed by atoms with van der Waals surface area (Å²) in [5, 5.41) is 1.08. The van der Waals surface area contributed by atoms with Crippen LogP contribution in [0.25, 0.3) is 0 Å². The number of benzene rings is 1. The second-order valence-electron chi connectivity index (χ2n) is 10.5. The fourth-order valence-corrected chi connectivity index (χ4v) is 6.06. The molecule has 5 heteroatoms. The van der Waals surface area contributed by atoms with E-state index in [1.807, 2.05) is 12.1 Å². The molecule has 2 fully saturated rings. The average Bonchev–Trinajstić information content (AvgIpc) is 2.96. The van der Waals surface area contributed by atoms with Crippen LogP contribution in [-0.4, -0.2) is 44.5 Å². The number of hydrogen-bond donors (Lipinski definition) is 1. The minimum atomic E-state index is -1.72. The van der Waals surface area contributed by atoms with Crippen LogP contribution in [-0.2, 0) is 10.8 Å². The lowest BCUT2D eigenvalue weighted by molar-refractivity contribution is 0.114. The van der Waals surface area contributed by atoms with Gasteiger partial charge in [-0.25, -0.2) is 0 Å². The third kappa shape index (κ3) is 5.40. The summed E-state index contributed by atoms with van der Waals surface area (Å²) in [5.74, 6) is 0.773. The molecule has 158 valence electrons. The Hall–Kier alpha value is -0.393. The molecule has 1 heterocycles. The molecule has 0 bridgehead atoms. The molecular weight excluding hydrogens is 384 g/mol. The van der Waals surface area contributed by atoms with E-state index in [1.165, 1.54) is 37.9 Å². The first-order valence-corrected chi connectivity index (χ1v) is 14.3. The highest BCUT2D eigenvalue weighted by Crippen LogP contribution is 2.40. The number of nitrogens with zero attached hydrogens (tertiary/aromatic N) is 1. The Morgan fingerprint density at radius 1 is 1.11 bits per heavy atom. The van der Waals surface area contributed by atoms with Crippen molar-refractivity contribution in [1.29, 1.82) is 0 Å². The Morgan fingerprint density at radius 2 is 1.71 bits per heavy atom. The van der Waals surface area contributed by atoms with Gasteiger partial charge in [0.15, 0.2) is 8.32 Å². The number of nitrogens with two attached hydrogens (primary N) is 1. The number of halogens is 1. The molecule has 0 radical (unpaired) electrons. The zero-order valence-electron chi connectivity index (χ0n) is 18.4. The van der Waals surface area contributed by atoms with Gasteiger partial charge in [0.2, 0.25) is 0 Å². The maximum atomic E-state index is 6.69. The van der Waals surface area contributed by atoms with Gasteiger partial charge in [0.25, 0.3) is 0 Å². The van der Waals surface area contributed by atoms with Crippen molar-refractivity contribution in [3.05, 3.63) is 34.9 Å². The van der Waals surface area contributed by atoms with E-state index in [-0.39, 0.29) is 11.1 Å². The lowest BCUT2D eigenvalue weighted by atomic mass is 9.89. The first-order valence-electron chi connectivity index (χ1n) is 11.0. The Labute approximate surface area is 178 Å². The van der Waals surface area contributed by atoms with Gasteiger partial charge in [-0.3, -0.25) is 4.90 Å². The summed E-state index contributed by atoms with van der Waals surface area (Å²) in [5.41, 5.74) is 7.99. The highest BCUT2D eigenvalue weighted by molar-refractivity contribution is 6.74. The number of hydrogen-bond acceptors (Lipinski definition) is 3. The van der Waals surface area contributed by atoms with Crippen molar-refractivity contribution in [1.82, 2.24) is 4.90 Å². The van der Waals surface area contributed by atoms with Gasteiger partial charge >= 0.3 is 0 Å². The molecule has 1 saturated heterocycles. The Kier molecular flexibility index (Phi) is 6.98. The maximum Gasteiger partial charge on any atom is 0.192 e. The van der Waals surface area contributed by atoms with Crippen molar-refractivity contribution in [3.63, 3.8) is 0 Å². The summed E-state index contributed by atoms with van der Waals surface area (Å²) in [7, 11) is -1.72. The first kappa shape index (κ1) is 22.3. The predicted octanol–water partition coefficient (Wildman–Crippen LogP) is 5.47. The number of rotatable bonds is 5. The van der Waals surface area contributed by atoms with Crippen LogP contribution in [0.3, 0.4) is 0 Å². The van der Waals surface area contributed by atoms with Crippen molar-refractivity contribution in [2.45, 2.75) is 89.2 Å². The van der Waals surface area contributed by atoms with E-state index in [0.717, 1.165) is 23.8 Å². The molecule has 2 aliphatic rings. The molecule has 1 saturated carbocycles. The van der Waals surface area contributed by atoms with Crippen molar-refractivity contribution < 1.29 is 4.43 Å². The van der Waals surface area contributed by atoms with Gasteiger partial charge in [-0.2, -0.15) is 0 Å². The third-order valence-corrected chi connectivity index (χ3v) is 12.1. The van der Waals surface area contributed by atoms with Gasteiger partial charge in [-0.15, -0.1) is 0 Å². The Bertz CT molecular complexity index is 635. The van der Waals surface area contributed by atoms with Crippen LogP contribution in [0.4, 0.5) is 0 Å². The molecule has 0 amide bonds. The molecule has 1 aliphatic carbocycles. The Morgan fingerprint density at radius 3 is 2.29 bits per heavy atom. The summed E-state index contributed by atoms with van der Waals surface area (Å²) in [4.78, 5) is 2.65. The highest BCUT2D eigenvalue weighted by atomic mass is 35.5. The fourth-order valence-electron chi connectivity index (χ4n) is 4.55. The van der Waals surface area contributed by atoms with E-state index in [4.69, 9.17) is 21.8 Å². The topological polar surface area (TPSA) is 38.5 Å². The van der Waals surface area contributed by atoms with Crippen molar-refractivity contribution in [2.75, 3.05) is 13.1 Å². The lowest BCUT2D eigenvalue weighted by Gasteiger charge is -2.39. The molecule has 3 nitrogen and oxygen atoms in total. The van der Waals surface area contributed by atoms with E-state index in [0.29, 0.717) is 12.1 Å². The van der Waals surface area contributed by atoms with Crippen molar-refractivity contribution >= 4 is 19.9 Å². The highest BCUT2D eigenvalue weighted by Gasteiger charge is 2.44. The smallest absolute Gasteiger partial charge is 0.192 e. The molecular formula is C23H39ClN2OSi. The van der Waals surface area contributed by atoms with Gasteiger partial charge < -0.3 is 10.2 Å². The third-order valence-electron chi connectivity index (χ3n) is 7.36. The zero-order chi connectivity index (χ0) is 20.5. The summed E-state index contributed by atoms with van der Waals surface area (Å²) >= 11 is 6.01. The van der Waals surface area contributed by atoms with Gasteiger partial charge in [-0.05, 0) is 86.9 Å². The normalized spacial score (nSPS) is 28.0. The van der Waals surface area contributed by atoms with Crippen molar-refractivity contribution in [2.24, 2.45) is 11.7 Å². The monoisotopic (exact) mass is 422 g/mol. The fraction of sp³-hybridized carbons (Fsp3) is 0.739.